The van der Waals surface area contributed by atoms with Crippen molar-refractivity contribution in [2.75, 3.05) is 39.3 Å². The first-order chi connectivity index (χ1) is 9.56. The van der Waals surface area contributed by atoms with Gasteiger partial charge in [0, 0.05) is 26.1 Å². The highest BCUT2D eigenvalue weighted by atomic mass is 16.5. The Morgan fingerprint density at radius 2 is 1.85 bits per heavy atom. The lowest BCUT2D eigenvalue weighted by molar-refractivity contribution is 0.0641. The Hall–Kier alpha value is -1.40. The number of ether oxygens (including phenoxy) is 3. The van der Waals surface area contributed by atoms with Gasteiger partial charge in [-0.2, -0.15) is 4.98 Å². The molecule has 1 rings (SSSR count). The maximum Gasteiger partial charge on any atom is 0.221 e. The summed E-state index contributed by atoms with van der Waals surface area (Å²) in [7, 11) is 1.65. The summed E-state index contributed by atoms with van der Waals surface area (Å²) in [6.07, 6.45) is 0.796. The third-order valence-electron chi connectivity index (χ3n) is 2.78. The molecule has 1 heterocycles. The van der Waals surface area contributed by atoms with Gasteiger partial charge in [-0.3, -0.25) is 0 Å². The van der Waals surface area contributed by atoms with Gasteiger partial charge in [0.1, 0.15) is 11.6 Å². The zero-order valence-electron chi connectivity index (χ0n) is 12.8. The smallest absolute Gasteiger partial charge is 0.221 e. The minimum Gasteiger partial charge on any atom is -0.477 e. The Morgan fingerprint density at radius 3 is 2.50 bits per heavy atom. The highest BCUT2D eigenvalue weighted by Gasteiger charge is 2.12. The van der Waals surface area contributed by atoms with E-state index in [1.54, 1.807) is 7.11 Å². The molecule has 0 saturated heterocycles. The molecule has 1 aromatic rings. The highest BCUT2D eigenvalue weighted by molar-refractivity contribution is 5.44. The van der Waals surface area contributed by atoms with Crippen LogP contribution in [0.4, 0.5) is 5.82 Å². The van der Waals surface area contributed by atoms with E-state index < -0.39 is 0 Å². The van der Waals surface area contributed by atoms with E-state index in [0.29, 0.717) is 43.9 Å². The van der Waals surface area contributed by atoms with E-state index in [9.17, 15) is 0 Å². The summed E-state index contributed by atoms with van der Waals surface area (Å²) in [5, 5.41) is 0. The lowest BCUT2D eigenvalue weighted by Crippen LogP contribution is -2.10. The highest BCUT2D eigenvalue weighted by Crippen LogP contribution is 2.22. The van der Waals surface area contributed by atoms with Crippen LogP contribution in [0.15, 0.2) is 0 Å². The summed E-state index contributed by atoms with van der Waals surface area (Å²) >= 11 is 0. The normalized spacial score (nSPS) is 11.1. The van der Waals surface area contributed by atoms with Crippen molar-refractivity contribution in [1.82, 2.24) is 9.97 Å². The number of nitrogens with zero attached hydrogens (tertiary/aromatic N) is 2. The number of hydrogen-bond donors (Lipinski definition) is 1. The third-order valence-corrected chi connectivity index (χ3v) is 2.78. The van der Waals surface area contributed by atoms with Gasteiger partial charge in [-0.05, 0) is 6.92 Å². The van der Waals surface area contributed by atoms with Gasteiger partial charge in [0.25, 0.3) is 0 Å². The molecule has 0 aromatic carbocycles. The Kier molecular flexibility index (Phi) is 7.25. The predicted molar refractivity (Wildman–Crippen MR) is 78.1 cm³/mol. The second kappa shape index (κ2) is 8.71. The first-order valence-corrected chi connectivity index (χ1v) is 6.89. The summed E-state index contributed by atoms with van der Waals surface area (Å²) in [5.74, 6) is 1.98. The first kappa shape index (κ1) is 16.7. The van der Waals surface area contributed by atoms with Gasteiger partial charge >= 0.3 is 0 Å². The zero-order valence-corrected chi connectivity index (χ0v) is 12.8. The first-order valence-electron chi connectivity index (χ1n) is 6.89. The minimum absolute atomic E-state index is 0.220. The van der Waals surface area contributed by atoms with Gasteiger partial charge in [-0.1, -0.05) is 13.8 Å². The molecule has 6 nitrogen and oxygen atoms in total. The van der Waals surface area contributed by atoms with E-state index in [1.807, 2.05) is 20.8 Å². The molecule has 6 heteroatoms. The van der Waals surface area contributed by atoms with Crippen molar-refractivity contribution >= 4 is 5.82 Å². The third kappa shape index (κ3) is 5.30. The molecule has 0 amide bonds. The van der Waals surface area contributed by atoms with Gasteiger partial charge in [-0.25, -0.2) is 4.98 Å². The van der Waals surface area contributed by atoms with Gasteiger partial charge in [0.05, 0.1) is 25.4 Å². The molecule has 114 valence electrons. The van der Waals surface area contributed by atoms with Crippen LogP contribution in [0.5, 0.6) is 5.88 Å². The van der Waals surface area contributed by atoms with Crippen LogP contribution in [-0.2, 0) is 9.47 Å². The molecule has 0 bridgehead atoms. The standard InChI is InChI=1S/C14H25N3O3/c1-10(2)13-16-12(15)11(3)14(17-13)20-7-5-6-19-9-8-18-4/h10H,5-9H2,1-4H3,(H2,15,16,17). The summed E-state index contributed by atoms with van der Waals surface area (Å²) in [4.78, 5) is 8.66. The second-order valence-corrected chi connectivity index (χ2v) is 4.86. The molecular formula is C14H25N3O3. The second-order valence-electron chi connectivity index (χ2n) is 4.86. The van der Waals surface area contributed by atoms with E-state index in [1.165, 1.54) is 0 Å². The number of anilines is 1. The molecular weight excluding hydrogens is 258 g/mol. The van der Waals surface area contributed by atoms with Gasteiger partial charge in [0.2, 0.25) is 5.88 Å². The van der Waals surface area contributed by atoms with E-state index in [-0.39, 0.29) is 5.92 Å². The summed E-state index contributed by atoms with van der Waals surface area (Å²) < 4.78 is 15.9. The van der Waals surface area contributed by atoms with Gasteiger partial charge in [-0.15, -0.1) is 0 Å². The fourth-order valence-electron chi connectivity index (χ4n) is 1.50. The zero-order chi connectivity index (χ0) is 15.0. The predicted octanol–water partition coefficient (Wildman–Crippen LogP) is 1.92. The van der Waals surface area contributed by atoms with Crippen LogP contribution in [-0.4, -0.2) is 43.5 Å². The largest absolute Gasteiger partial charge is 0.477 e. The molecule has 0 spiro atoms. The van der Waals surface area contributed by atoms with Gasteiger partial charge in [0.15, 0.2) is 0 Å². The van der Waals surface area contributed by atoms with E-state index in [2.05, 4.69) is 9.97 Å². The van der Waals surface area contributed by atoms with Crippen molar-refractivity contribution in [3.05, 3.63) is 11.4 Å². The Bertz CT molecular complexity index is 411. The van der Waals surface area contributed by atoms with Crippen LogP contribution < -0.4 is 10.5 Å². The van der Waals surface area contributed by atoms with Crippen LogP contribution in [0.25, 0.3) is 0 Å². The molecule has 0 aliphatic rings. The fourth-order valence-corrected chi connectivity index (χ4v) is 1.50. The quantitative estimate of drug-likeness (QED) is 0.697. The molecule has 0 unspecified atom stereocenters. The molecule has 0 atom stereocenters. The topological polar surface area (TPSA) is 79.5 Å². The molecule has 20 heavy (non-hydrogen) atoms. The average molecular weight is 283 g/mol. The number of methoxy groups -OCH3 is 1. The molecule has 0 radical (unpaired) electrons. The monoisotopic (exact) mass is 283 g/mol. The van der Waals surface area contributed by atoms with Crippen molar-refractivity contribution in [3.63, 3.8) is 0 Å². The lowest BCUT2D eigenvalue weighted by Gasteiger charge is -2.12. The summed E-state index contributed by atoms with van der Waals surface area (Å²) in [6.45, 7) is 8.31. The number of nitrogen functional groups attached to an aromatic ring is 1. The number of nitrogens with two attached hydrogens (primary N) is 1. The van der Waals surface area contributed by atoms with Crippen LogP contribution in [0, 0.1) is 6.92 Å². The number of hydrogen-bond acceptors (Lipinski definition) is 6. The minimum atomic E-state index is 0.220. The van der Waals surface area contributed by atoms with Crippen LogP contribution in [0.2, 0.25) is 0 Å². The summed E-state index contributed by atoms with van der Waals surface area (Å²) in [6, 6.07) is 0. The maximum atomic E-state index is 5.87. The SMILES string of the molecule is COCCOCCCOc1nc(C(C)C)nc(N)c1C. The van der Waals surface area contributed by atoms with E-state index in [0.717, 1.165) is 12.0 Å². The number of aromatic nitrogens is 2. The Balaban J connectivity index is 2.43. The molecule has 0 saturated carbocycles. The molecule has 0 aliphatic heterocycles. The molecule has 0 fully saturated rings. The van der Waals surface area contributed by atoms with Crippen LogP contribution >= 0.6 is 0 Å². The Morgan fingerprint density at radius 1 is 1.10 bits per heavy atom. The van der Waals surface area contributed by atoms with Crippen LogP contribution in [0.1, 0.15) is 37.6 Å². The molecule has 1 aromatic heterocycles. The van der Waals surface area contributed by atoms with Crippen molar-refractivity contribution in [1.29, 1.82) is 0 Å². The molecule has 0 aliphatic carbocycles. The fraction of sp³-hybridized carbons (Fsp3) is 0.714. The Labute approximate surface area is 120 Å². The number of rotatable bonds is 9. The summed E-state index contributed by atoms with van der Waals surface area (Å²) in [5.41, 5.74) is 6.66. The lowest BCUT2D eigenvalue weighted by atomic mass is 10.2. The maximum absolute atomic E-state index is 5.87. The van der Waals surface area contributed by atoms with E-state index in [4.69, 9.17) is 19.9 Å². The van der Waals surface area contributed by atoms with Crippen molar-refractivity contribution in [2.45, 2.75) is 33.1 Å². The molecule has 2 N–H and O–H groups in total. The van der Waals surface area contributed by atoms with E-state index >= 15 is 0 Å². The average Bonchev–Trinajstić information content (AvgIpc) is 2.41. The van der Waals surface area contributed by atoms with Gasteiger partial charge < -0.3 is 19.9 Å². The van der Waals surface area contributed by atoms with Crippen molar-refractivity contribution < 1.29 is 14.2 Å². The van der Waals surface area contributed by atoms with Crippen LogP contribution in [0.3, 0.4) is 0 Å². The van der Waals surface area contributed by atoms with Crippen molar-refractivity contribution in [2.24, 2.45) is 0 Å². The van der Waals surface area contributed by atoms with Crippen molar-refractivity contribution in [3.8, 4) is 5.88 Å².